The lowest BCUT2D eigenvalue weighted by molar-refractivity contribution is 0.0371. The van der Waals surface area contributed by atoms with Crippen molar-refractivity contribution < 1.29 is 9.47 Å². The van der Waals surface area contributed by atoms with Crippen LogP contribution in [-0.4, -0.2) is 51.5 Å². The highest BCUT2D eigenvalue weighted by Crippen LogP contribution is 2.17. The van der Waals surface area contributed by atoms with Gasteiger partial charge in [0.2, 0.25) is 0 Å². The third kappa shape index (κ3) is 7.34. The molecule has 3 nitrogen and oxygen atoms in total. The van der Waals surface area contributed by atoms with Crippen molar-refractivity contribution in [2.45, 2.75) is 45.4 Å². The van der Waals surface area contributed by atoms with E-state index in [1.54, 1.807) is 7.11 Å². The van der Waals surface area contributed by atoms with Crippen LogP contribution >= 0.6 is 0 Å². The molecule has 0 N–H and O–H groups in total. The van der Waals surface area contributed by atoms with Crippen LogP contribution in [0.3, 0.4) is 0 Å². The Labute approximate surface area is 113 Å². The molecule has 108 valence electrons. The predicted molar refractivity (Wildman–Crippen MR) is 76.0 cm³/mol. The van der Waals surface area contributed by atoms with E-state index in [4.69, 9.17) is 9.47 Å². The number of rotatable bonds is 10. The lowest BCUT2D eigenvalue weighted by Gasteiger charge is -2.26. The molecule has 0 spiro atoms. The van der Waals surface area contributed by atoms with Crippen LogP contribution in [0.2, 0.25) is 0 Å². The first-order valence-electron chi connectivity index (χ1n) is 7.65. The van der Waals surface area contributed by atoms with E-state index in [-0.39, 0.29) is 0 Å². The molecule has 0 aromatic carbocycles. The maximum absolute atomic E-state index is 5.36. The lowest BCUT2D eigenvalue weighted by atomic mass is 9.95. The molecule has 1 rings (SSSR count). The van der Waals surface area contributed by atoms with Crippen molar-refractivity contribution in [1.82, 2.24) is 4.90 Å². The first-order valence-corrected chi connectivity index (χ1v) is 7.65. The Morgan fingerprint density at radius 2 is 1.89 bits per heavy atom. The summed E-state index contributed by atoms with van der Waals surface area (Å²) in [5.41, 5.74) is 0. The van der Waals surface area contributed by atoms with Crippen LogP contribution in [0, 0.1) is 5.92 Å². The van der Waals surface area contributed by atoms with E-state index in [9.17, 15) is 0 Å². The number of ether oxygens (including phenoxy) is 2. The Kier molecular flexibility index (Phi) is 9.54. The molecule has 0 aromatic heterocycles. The van der Waals surface area contributed by atoms with E-state index in [2.05, 4.69) is 11.8 Å². The average molecular weight is 257 g/mol. The maximum atomic E-state index is 5.36. The van der Waals surface area contributed by atoms with Gasteiger partial charge in [0.1, 0.15) is 0 Å². The molecule has 0 saturated carbocycles. The number of morpholine rings is 1. The zero-order valence-electron chi connectivity index (χ0n) is 12.3. The highest BCUT2D eigenvalue weighted by atomic mass is 16.5. The van der Waals surface area contributed by atoms with Crippen LogP contribution in [0.4, 0.5) is 0 Å². The van der Waals surface area contributed by atoms with Crippen LogP contribution < -0.4 is 0 Å². The van der Waals surface area contributed by atoms with Crippen LogP contribution in [0.5, 0.6) is 0 Å². The number of hydrogen-bond donors (Lipinski definition) is 0. The van der Waals surface area contributed by atoms with Gasteiger partial charge >= 0.3 is 0 Å². The normalized spacial score (nSPS) is 19.0. The van der Waals surface area contributed by atoms with Gasteiger partial charge in [-0.2, -0.15) is 0 Å². The topological polar surface area (TPSA) is 21.7 Å². The summed E-state index contributed by atoms with van der Waals surface area (Å²) >= 11 is 0. The number of methoxy groups -OCH3 is 1. The minimum atomic E-state index is 0.869. The highest BCUT2D eigenvalue weighted by Gasteiger charge is 2.09. The van der Waals surface area contributed by atoms with Gasteiger partial charge in [-0.05, 0) is 25.3 Å². The molecule has 1 atom stereocenters. The third-order valence-electron chi connectivity index (χ3n) is 4.00. The number of nitrogens with zero attached hydrogens (tertiary/aromatic N) is 1. The molecule has 0 aliphatic carbocycles. The quantitative estimate of drug-likeness (QED) is 0.562. The van der Waals surface area contributed by atoms with Crippen molar-refractivity contribution in [2.75, 3.05) is 46.6 Å². The van der Waals surface area contributed by atoms with Gasteiger partial charge in [0.15, 0.2) is 0 Å². The molecule has 0 bridgehead atoms. The van der Waals surface area contributed by atoms with Gasteiger partial charge < -0.3 is 9.47 Å². The van der Waals surface area contributed by atoms with Gasteiger partial charge in [-0.3, -0.25) is 4.90 Å². The zero-order valence-corrected chi connectivity index (χ0v) is 12.3. The second kappa shape index (κ2) is 10.8. The van der Waals surface area contributed by atoms with E-state index in [1.807, 2.05) is 0 Å². The Morgan fingerprint density at radius 1 is 1.11 bits per heavy atom. The fraction of sp³-hybridized carbons (Fsp3) is 1.00. The predicted octanol–water partition coefficient (Wildman–Crippen LogP) is 2.94. The van der Waals surface area contributed by atoms with Crippen molar-refractivity contribution in [2.24, 2.45) is 5.92 Å². The smallest absolute Gasteiger partial charge is 0.0594 e. The summed E-state index contributed by atoms with van der Waals surface area (Å²) in [6.07, 6.45) is 8.01. The van der Waals surface area contributed by atoms with Crippen molar-refractivity contribution in [3.63, 3.8) is 0 Å². The van der Waals surface area contributed by atoms with Crippen molar-refractivity contribution in [1.29, 1.82) is 0 Å². The largest absolute Gasteiger partial charge is 0.385 e. The first kappa shape index (κ1) is 15.9. The fourth-order valence-corrected chi connectivity index (χ4v) is 2.61. The molecule has 0 radical (unpaired) electrons. The summed E-state index contributed by atoms with van der Waals surface area (Å²) in [4.78, 5) is 2.53. The molecule has 1 aliphatic rings. The summed E-state index contributed by atoms with van der Waals surface area (Å²) in [5, 5.41) is 0. The van der Waals surface area contributed by atoms with Gasteiger partial charge in [0.25, 0.3) is 0 Å². The molecule has 3 heteroatoms. The van der Waals surface area contributed by atoms with Crippen molar-refractivity contribution in [3.8, 4) is 0 Å². The molecule has 0 amide bonds. The minimum absolute atomic E-state index is 0.869. The Hall–Kier alpha value is -0.120. The molecule has 0 unspecified atom stereocenters. The molecule has 1 saturated heterocycles. The van der Waals surface area contributed by atoms with Gasteiger partial charge in [-0.1, -0.05) is 32.6 Å². The minimum Gasteiger partial charge on any atom is -0.385 e. The molecule has 1 heterocycles. The zero-order chi connectivity index (χ0) is 13.1. The molecular weight excluding hydrogens is 226 g/mol. The third-order valence-corrected chi connectivity index (χ3v) is 4.00. The second-order valence-electron chi connectivity index (χ2n) is 5.36. The summed E-state index contributed by atoms with van der Waals surface area (Å²) in [6.45, 7) is 8.60. The second-order valence-corrected chi connectivity index (χ2v) is 5.36. The Balaban J connectivity index is 1.93. The molecular formula is C15H31NO2. The van der Waals surface area contributed by atoms with E-state index in [1.165, 1.54) is 45.1 Å². The molecule has 0 aromatic rings. The van der Waals surface area contributed by atoms with E-state index in [0.717, 1.165) is 38.8 Å². The van der Waals surface area contributed by atoms with Crippen LogP contribution in [-0.2, 0) is 9.47 Å². The van der Waals surface area contributed by atoms with E-state index < -0.39 is 0 Å². The Morgan fingerprint density at radius 3 is 2.56 bits per heavy atom. The maximum Gasteiger partial charge on any atom is 0.0594 e. The van der Waals surface area contributed by atoms with Gasteiger partial charge in [-0.15, -0.1) is 0 Å². The van der Waals surface area contributed by atoms with Gasteiger partial charge in [-0.25, -0.2) is 0 Å². The van der Waals surface area contributed by atoms with Crippen molar-refractivity contribution in [3.05, 3.63) is 0 Å². The molecule has 1 fully saturated rings. The average Bonchev–Trinajstić information content (AvgIpc) is 2.43. The summed E-state index contributed by atoms with van der Waals surface area (Å²) in [6, 6.07) is 0. The van der Waals surface area contributed by atoms with Crippen molar-refractivity contribution >= 4 is 0 Å². The number of unbranched alkanes of at least 4 members (excludes halogenated alkanes) is 2. The molecule has 1 aliphatic heterocycles. The van der Waals surface area contributed by atoms with Crippen LogP contribution in [0.15, 0.2) is 0 Å². The van der Waals surface area contributed by atoms with Crippen LogP contribution in [0.25, 0.3) is 0 Å². The Bertz CT molecular complexity index is 181. The SMILES string of the molecule is CC[C@@H](CCCCCN1CCOCC1)CCOC. The number of hydrogen-bond acceptors (Lipinski definition) is 3. The molecule has 18 heavy (non-hydrogen) atoms. The van der Waals surface area contributed by atoms with E-state index in [0.29, 0.717) is 0 Å². The van der Waals surface area contributed by atoms with Gasteiger partial charge in [0.05, 0.1) is 13.2 Å². The fourth-order valence-electron chi connectivity index (χ4n) is 2.61. The lowest BCUT2D eigenvalue weighted by Crippen LogP contribution is -2.36. The first-order chi connectivity index (χ1) is 8.86. The highest BCUT2D eigenvalue weighted by molar-refractivity contribution is 4.62. The standard InChI is InChI=1S/C15H31NO2/c1-3-15(8-12-17-2)7-5-4-6-9-16-10-13-18-14-11-16/h15H,3-14H2,1-2H3/t15-/m0/s1. The van der Waals surface area contributed by atoms with Gasteiger partial charge in [0, 0.05) is 26.8 Å². The van der Waals surface area contributed by atoms with E-state index >= 15 is 0 Å². The summed E-state index contributed by atoms with van der Waals surface area (Å²) in [5.74, 6) is 0.869. The summed E-state index contributed by atoms with van der Waals surface area (Å²) in [7, 11) is 1.80. The summed E-state index contributed by atoms with van der Waals surface area (Å²) < 4.78 is 10.5. The monoisotopic (exact) mass is 257 g/mol. The van der Waals surface area contributed by atoms with Crippen LogP contribution in [0.1, 0.15) is 45.4 Å².